The highest BCUT2D eigenvalue weighted by Gasteiger charge is 2.37. The Hall–Kier alpha value is -16.0. The zero-order valence-corrected chi connectivity index (χ0v) is 83.7. The Morgan fingerprint density at radius 1 is 0.291 bits per heavy atom. The van der Waals surface area contributed by atoms with Gasteiger partial charge in [0, 0.05) is 99.9 Å². The summed E-state index contributed by atoms with van der Waals surface area (Å²) in [5.74, 6) is -8.46. The number of esters is 3. The Morgan fingerprint density at radius 2 is 0.507 bits per heavy atom. The number of carbonyl (C=O) groups excluding carboxylic acids is 11. The van der Waals surface area contributed by atoms with Crippen molar-refractivity contribution in [1.29, 1.82) is 0 Å². The molecule has 14 N–H and O–H groups in total. The standard InChI is InChI=1S/C24H28N2O7.C20H21NO5.C19H19NO5.C14H21N3O7.C13H19N3O7.C5H5NO3.C4H9NO3/c1-30-13-20(22(27)25-21(14-31-2)23(28)32-3)26-24(29)33-12-19-17-10-6-4-8-15(17)16-9-5-7-11-18(16)19;1-24-12-18(19(22)25-2)21-20(23)26-11-17-15-9-5-3-7-13(15)14-8-4-6-10-16(14)17;1-24-11-17(18(21)22)20-19(23)25-10-16-14-8-4-2-6-12(14)13-7-3-5-9-15(13)16;1-8-5-9(17-24-8)12(18)15-10(6-21-2)13(19)16-11(7-22-3)14(20)23-4;1-7-4-8(16-23-7)11(17)14-9(5-21-2)12(18)15-10(6-22-3)13(19)20;1-3-2-4(5(7)8)6-9-3;1-8-2-3(5)4(6)7/h4-11,19-21H,12-14H2,1-3H3,(H,25,27)(H,26,29);3-10,17-18H,11-12H2,1-2H3,(H,21,23);2-9,16-17H,10-11H2,1H3,(H,20,23)(H,21,22);5,10-11H,6-7H2,1-4H3,(H,15,18)(H,16,19);4,9-10H,5-6H2,1-3H3,(H,14,17)(H,15,18)(H,19,20);2H,1H3,(H,7,8);3H,2,5H2,1H3,(H,6,7)/t20-,21-;18-;17-;10-,11-;9-,10-;;3-/m00000.0/s1. The van der Waals surface area contributed by atoms with Crippen molar-refractivity contribution in [3.05, 3.63) is 232 Å². The molecule has 9 atom stereocenters. The number of aromatic nitrogens is 3. The molecule has 49 nitrogen and oxygen atoms in total. The van der Waals surface area contributed by atoms with E-state index in [1.54, 1.807) is 20.8 Å². The molecule has 3 aromatic heterocycles. The monoisotopic (exact) mass is 2070 g/mol. The minimum absolute atomic E-state index is 0.00285. The van der Waals surface area contributed by atoms with Crippen LogP contribution in [0.15, 0.2) is 177 Å². The van der Waals surface area contributed by atoms with Crippen LogP contribution in [0.25, 0.3) is 33.4 Å². The van der Waals surface area contributed by atoms with Crippen LogP contribution in [-0.2, 0) is 114 Å². The number of hydrogen-bond acceptors (Lipinski definition) is 37. The second-order valence-electron chi connectivity index (χ2n) is 31.9. The lowest BCUT2D eigenvalue weighted by Crippen LogP contribution is -2.54. The highest BCUT2D eigenvalue weighted by molar-refractivity contribution is 5.98. The van der Waals surface area contributed by atoms with Gasteiger partial charge in [0.2, 0.25) is 17.7 Å². The van der Waals surface area contributed by atoms with E-state index in [2.05, 4.69) is 93.6 Å². The molecule has 0 aliphatic heterocycles. The van der Waals surface area contributed by atoms with E-state index in [1.807, 2.05) is 133 Å². The third kappa shape index (κ3) is 37.2. The average molecular weight is 2070 g/mol. The van der Waals surface area contributed by atoms with E-state index in [-0.39, 0.29) is 114 Å². The minimum atomic E-state index is -1.25. The molecule has 3 aliphatic carbocycles. The van der Waals surface area contributed by atoms with Crippen molar-refractivity contribution in [3.63, 3.8) is 0 Å². The van der Waals surface area contributed by atoms with Crippen LogP contribution in [0, 0.1) is 20.8 Å². The molecule has 0 fully saturated rings. The lowest BCUT2D eigenvalue weighted by atomic mass is 9.98. The molecular formula is C99H122N12O37. The molecule has 6 aromatic carbocycles. The molecule has 3 aliphatic rings. The predicted octanol–water partition coefficient (Wildman–Crippen LogP) is 4.88. The van der Waals surface area contributed by atoms with E-state index in [4.69, 9.17) is 87.3 Å². The average Bonchev–Trinajstić information content (AvgIpc) is 1.62. The van der Waals surface area contributed by atoms with Crippen molar-refractivity contribution in [2.45, 2.75) is 92.9 Å². The molecule has 800 valence electrons. The lowest BCUT2D eigenvalue weighted by molar-refractivity contribution is -0.147. The predicted molar refractivity (Wildman–Crippen MR) is 519 cm³/mol. The van der Waals surface area contributed by atoms with Crippen LogP contribution >= 0.6 is 0 Å². The Balaban J connectivity index is 0.000000272. The maximum Gasteiger partial charge on any atom is 0.407 e. The first-order valence-electron chi connectivity index (χ1n) is 44.9. The first kappa shape index (κ1) is 121. The molecule has 0 radical (unpaired) electrons. The maximum atomic E-state index is 12.6. The number of aromatic carboxylic acids is 1. The van der Waals surface area contributed by atoms with Gasteiger partial charge in [-0.15, -0.1) is 0 Å². The maximum absolute atomic E-state index is 12.6. The summed E-state index contributed by atoms with van der Waals surface area (Å²) in [5, 5.41) is 64.1. The number of alkyl carbamates (subject to hydrolysis) is 3. The number of carboxylic acids is 4. The van der Waals surface area contributed by atoms with E-state index in [1.165, 1.54) is 104 Å². The van der Waals surface area contributed by atoms with E-state index in [0.29, 0.717) is 17.3 Å². The molecule has 148 heavy (non-hydrogen) atoms. The fraction of sp³-hybridized carbons (Fsp3) is 0.394. The number of aliphatic carboxylic acids is 3. The highest BCUT2D eigenvalue weighted by atomic mass is 16.6. The van der Waals surface area contributed by atoms with Crippen LogP contribution in [0.4, 0.5) is 14.4 Å². The van der Waals surface area contributed by atoms with Crippen LogP contribution in [0.2, 0.25) is 0 Å². The van der Waals surface area contributed by atoms with Crippen LogP contribution in [-0.4, -0.2) is 344 Å². The third-order valence-electron chi connectivity index (χ3n) is 21.4. The van der Waals surface area contributed by atoms with Crippen LogP contribution in [0.5, 0.6) is 0 Å². The fourth-order valence-corrected chi connectivity index (χ4v) is 14.5. The van der Waals surface area contributed by atoms with Gasteiger partial charge in [-0.25, -0.2) is 43.2 Å². The van der Waals surface area contributed by atoms with Crippen LogP contribution in [0.1, 0.15) is 99.9 Å². The third-order valence-corrected chi connectivity index (χ3v) is 21.4. The van der Waals surface area contributed by atoms with Gasteiger partial charge < -0.3 is 153 Å². The second kappa shape index (κ2) is 63.3. The van der Waals surface area contributed by atoms with Crippen LogP contribution < -0.4 is 48.3 Å². The summed E-state index contributed by atoms with van der Waals surface area (Å²) in [6.45, 7) is 4.54. The molecule has 12 rings (SSSR count). The minimum Gasteiger partial charge on any atom is -0.480 e. The molecule has 0 saturated heterocycles. The largest absolute Gasteiger partial charge is 0.480 e. The zero-order valence-electron chi connectivity index (χ0n) is 83.7. The zero-order chi connectivity index (χ0) is 109. The molecule has 49 heteroatoms. The lowest BCUT2D eigenvalue weighted by Gasteiger charge is -2.22. The number of methoxy groups -OCH3 is 12. The van der Waals surface area contributed by atoms with Gasteiger partial charge in [-0.05, 0) is 87.5 Å². The molecule has 0 spiro atoms. The number of hydrogen-bond donors (Lipinski definition) is 13. The van der Waals surface area contributed by atoms with Crippen molar-refractivity contribution in [2.24, 2.45) is 5.73 Å². The molecule has 9 aromatic rings. The Bertz CT molecular complexity index is 5730. The van der Waals surface area contributed by atoms with Crippen molar-refractivity contribution in [3.8, 4) is 33.4 Å². The van der Waals surface area contributed by atoms with Gasteiger partial charge in [0.15, 0.2) is 47.3 Å². The summed E-state index contributed by atoms with van der Waals surface area (Å²) in [6.07, 6.45) is -2.22. The number of rotatable bonds is 44. The molecule has 0 bridgehead atoms. The smallest absolute Gasteiger partial charge is 0.407 e. The molecule has 0 unspecified atom stereocenters. The number of fused-ring (bicyclic) bond motifs is 9. The first-order valence-corrected chi connectivity index (χ1v) is 44.9. The summed E-state index contributed by atoms with van der Waals surface area (Å²) in [5.41, 5.74) is 18.4. The summed E-state index contributed by atoms with van der Waals surface area (Å²) >= 11 is 0. The molecule has 8 amide bonds. The fourth-order valence-electron chi connectivity index (χ4n) is 14.5. The van der Waals surface area contributed by atoms with Gasteiger partial charge in [-0.2, -0.15) is 0 Å². The highest BCUT2D eigenvalue weighted by Crippen LogP contribution is 2.47. The summed E-state index contributed by atoms with van der Waals surface area (Å²) < 4.78 is 87.7. The molecule has 0 saturated carbocycles. The molecule has 3 heterocycles. The number of nitrogens with two attached hydrogens (primary N) is 1. The molecular weight excluding hydrogens is 1950 g/mol. The van der Waals surface area contributed by atoms with E-state index >= 15 is 0 Å². The van der Waals surface area contributed by atoms with Gasteiger partial charge in [0.05, 0.1) is 80.8 Å². The summed E-state index contributed by atoms with van der Waals surface area (Å²) in [7, 11) is 16.1. The number of aryl methyl sites for hydroxylation is 3. The van der Waals surface area contributed by atoms with Gasteiger partial charge in [-0.1, -0.05) is 161 Å². The quantitative estimate of drug-likeness (QED) is 0.0179. The normalized spacial score (nSPS) is 13.2. The number of benzene rings is 6. The van der Waals surface area contributed by atoms with Crippen molar-refractivity contribution in [2.75, 3.05) is 165 Å². The van der Waals surface area contributed by atoms with E-state index < -0.39 is 144 Å². The summed E-state index contributed by atoms with van der Waals surface area (Å²) in [6, 6.07) is 43.0. The Morgan fingerprint density at radius 3 is 0.730 bits per heavy atom. The topological polar surface area (TPSA) is 676 Å². The van der Waals surface area contributed by atoms with Crippen molar-refractivity contribution >= 4 is 89.6 Å². The number of carboxylic acid groups (broad SMARTS) is 4. The number of amides is 8. The van der Waals surface area contributed by atoms with Gasteiger partial charge in [-0.3, -0.25) is 28.8 Å². The van der Waals surface area contributed by atoms with Gasteiger partial charge >= 0.3 is 60.1 Å². The second-order valence-corrected chi connectivity index (χ2v) is 31.9. The number of ether oxygens (including phenoxy) is 15. The summed E-state index contributed by atoms with van der Waals surface area (Å²) in [4.78, 5) is 175. The van der Waals surface area contributed by atoms with Gasteiger partial charge in [0.25, 0.3) is 11.8 Å². The van der Waals surface area contributed by atoms with Crippen molar-refractivity contribution < 1.29 is 177 Å². The number of nitrogens with zero attached hydrogens (tertiary/aromatic N) is 3. The van der Waals surface area contributed by atoms with E-state index in [9.17, 15) is 71.9 Å². The van der Waals surface area contributed by atoms with Gasteiger partial charge in [0.1, 0.15) is 61.3 Å². The van der Waals surface area contributed by atoms with Crippen molar-refractivity contribution in [1.82, 2.24) is 58.0 Å². The Kier molecular flexibility index (Phi) is 51.6. The number of nitrogens with one attached hydrogen (secondary N) is 8. The Labute approximate surface area is 849 Å². The SMILES string of the molecule is COC[C@H](N)C(=O)O.COC[C@H](NC(=O)OCC1c2ccccc2-c2ccccc21)C(=O)N[C@@H](COC)C(=O)OC.COC[C@H](NC(=O)OCC1c2ccccc2-c2ccccc21)C(=O)O.COC[C@H](NC(=O)OCC1c2ccccc2-c2ccccc21)C(=O)OC.COC[C@H](NC(=O)[C@H](COC)NC(=O)c1cc(C)on1)C(=O)O.COC[C@H](NC(=O)c1cc(C)on1)C(=O)N[C@@H](COC)C(=O)OC.Cc1cc(C(=O)O)no1. The van der Waals surface area contributed by atoms with E-state index in [0.717, 1.165) is 66.8 Å². The number of carbonyl (C=O) groups is 15. The first-order chi connectivity index (χ1) is 70.9. The van der Waals surface area contributed by atoms with Crippen LogP contribution in [0.3, 0.4) is 0 Å².